The van der Waals surface area contributed by atoms with E-state index >= 15 is 0 Å². The predicted molar refractivity (Wildman–Crippen MR) is 208 cm³/mol. The van der Waals surface area contributed by atoms with Gasteiger partial charge >= 0.3 is 17.9 Å². The molecular formula is C41H79NO6S. The molecule has 0 aliphatic carbocycles. The van der Waals surface area contributed by atoms with Crippen molar-refractivity contribution in [3.63, 3.8) is 0 Å². The first-order chi connectivity index (χ1) is 23.7. The molecule has 4 unspecified atom stereocenters. The molecule has 0 amide bonds. The molecule has 0 saturated carbocycles. The van der Waals surface area contributed by atoms with E-state index in [9.17, 15) is 19.5 Å². The Morgan fingerprint density at radius 1 is 0.531 bits per heavy atom. The second kappa shape index (κ2) is 32.6. The molecule has 0 saturated heterocycles. The zero-order chi connectivity index (χ0) is 36.6. The number of hydrogen-bond acceptors (Lipinski definition) is 7. The quantitative estimate of drug-likeness (QED) is 0.0336. The van der Waals surface area contributed by atoms with Gasteiger partial charge in [0, 0.05) is 12.8 Å². The lowest BCUT2D eigenvalue weighted by molar-refractivity contribution is -0.166. The van der Waals surface area contributed by atoms with E-state index in [0.29, 0.717) is 12.8 Å². The van der Waals surface area contributed by atoms with E-state index in [1.165, 1.54) is 128 Å². The fraction of sp³-hybridized carbons (Fsp3) is 0.927. The Hall–Kier alpha value is -1.28. The van der Waals surface area contributed by atoms with Crippen molar-refractivity contribution in [3.8, 4) is 0 Å². The highest BCUT2D eigenvalue weighted by atomic mass is 32.1. The van der Waals surface area contributed by atoms with Crippen LogP contribution in [0.2, 0.25) is 0 Å². The van der Waals surface area contributed by atoms with Crippen molar-refractivity contribution >= 4 is 30.5 Å². The summed E-state index contributed by atoms with van der Waals surface area (Å²) in [6.07, 6.45) is 30.9. The third-order valence-electron chi connectivity index (χ3n) is 10.0. The van der Waals surface area contributed by atoms with Gasteiger partial charge in [0.2, 0.25) is 0 Å². The molecule has 0 fully saturated rings. The Kier molecular flexibility index (Phi) is 31.8. The van der Waals surface area contributed by atoms with Crippen LogP contribution in [-0.2, 0) is 23.9 Å². The van der Waals surface area contributed by atoms with Crippen LogP contribution in [0.15, 0.2) is 0 Å². The Bertz CT molecular complexity index is 811. The third kappa shape index (κ3) is 23.8. The van der Waals surface area contributed by atoms with Gasteiger partial charge in [-0.3, -0.25) is 14.4 Å². The lowest BCUT2D eigenvalue weighted by Crippen LogP contribution is -2.67. The monoisotopic (exact) mass is 714 g/mol. The number of carboxylic acids is 1. The lowest BCUT2D eigenvalue weighted by atomic mass is 9.84. The van der Waals surface area contributed by atoms with Gasteiger partial charge < -0.3 is 20.3 Å². The molecule has 0 heterocycles. The van der Waals surface area contributed by atoms with Crippen molar-refractivity contribution in [1.29, 1.82) is 0 Å². The van der Waals surface area contributed by atoms with Crippen LogP contribution in [0.25, 0.3) is 0 Å². The smallest absolute Gasteiger partial charge is 0.328 e. The number of carbonyl (C=O) groups is 3. The summed E-state index contributed by atoms with van der Waals surface area (Å²) < 4.78 is 11.4. The number of carboxylic acid groups (broad SMARTS) is 1. The largest absolute Gasteiger partial charge is 0.480 e. The van der Waals surface area contributed by atoms with E-state index in [1.54, 1.807) is 6.92 Å². The van der Waals surface area contributed by atoms with Crippen LogP contribution in [0.5, 0.6) is 0 Å². The van der Waals surface area contributed by atoms with Crippen molar-refractivity contribution in [1.82, 2.24) is 0 Å². The first-order valence-corrected chi connectivity index (χ1v) is 21.3. The molecule has 7 nitrogen and oxygen atoms in total. The van der Waals surface area contributed by atoms with Gasteiger partial charge in [-0.2, -0.15) is 12.6 Å². The van der Waals surface area contributed by atoms with E-state index in [-0.39, 0.29) is 25.2 Å². The first-order valence-electron chi connectivity index (χ1n) is 20.8. The molecule has 0 aromatic carbocycles. The van der Waals surface area contributed by atoms with Crippen LogP contribution in [0.3, 0.4) is 0 Å². The molecule has 0 aromatic rings. The van der Waals surface area contributed by atoms with Gasteiger partial charge in [-0.25, -0.2) is 0 Å². The normalized spacial score (nSPS) is 14.6. The Labute approximate surface area is 307 Å². The minimum absolute atomic E-state index is 0.216. The molecule has 8 heteroatoms. The zero-order valence-corrected chi connectivity index (χ0v) is 33.4. The van der Waals surface area contributed by atoms with Gasteiger partial charge in [0.15, 0.2) is 5.54 Å². The maximum atomic E-state index is 12.7. The van der Waals surface area contributed by atoms with E-state index in [2.05, 4.69) is 26.5 Å². The van der Waals surface area contributed by atoms with Crippen LogP contribution in [0.4, 0.5) is 0 Å². The molecular weight excluding hydrogens is 635 g/mol. The van der Waals surface area contributed by atoms with Crippen molar-refractivity contribution in [3.05, 3.63) is 0 Å². The maximum Gasteiger partial charge on any atom is 0.328 e. The van der Waals surface area contributed by atoms with E-state index in [4.69, 9.17) is 15.2 Å². The summed E-state index contributed by atoms with van der Waals surface area (Å²) in [6, 6.07) is 0. The topological polar surface area (TPSA) is 116 Å². The van der Waals surface area contributed by atoms with Crippen molar-refractivity contribution in [2.75, 3.05) is 0 Å². The number of unbranched alkanes of at least 4 members (excludes halogenated alkanes) is 24. The number of thiol groups is 1. The minimum Gasteiger partial charge on any atom is -0.480 e. The standard InChI is InChI=1S/C41H79NO6S/c1-5-9-11-13-15-17-19-21-23-25-27-29-31-33-37(43)47-35(7-3)39(49)41(42,40(45)46)36(8-4)48-38(44)34-32-30-28-26-24-22-20-18-16-14-12-10-6-2/h35-36,39,49H,5-34,42H2,1-4H3,(H,45,46). The highest BCUT2D eigenvalue weighted by Crippen LogP contribution is 2.29. The summed E-state index contributed by atoms with van der Waals surface area (Å²) in [7, 11) is 0. The van der Waals surface area contributed by atoms with Gasteiger partial charge in [-0.05, 0) is 25.7 Å². The van der Waals surface area contributed by atoms with Gasteiger partial charge in [0.25, 0.3) is 0 Å². The van der Waals surface area contributed by atoms with E-state index in [1.807, 2.05) is 6.92 Å². The second-order valence-electron chi connectivity index (χ2n) is 14.5. The first kappa shape index (κ1) is 47.7. The summed E-state index contributed by atoms with van der Waals surface area (Å²) in [6.45, 7) is 8.06. The summed E-state index contributed by atoms with van der Waals surface area (Å²) in [4.78, 5) is 38.0. The Morgan fingerprint density at radius 3 is 1.12 bits per heavy atom. The fourth-order valence-electron chi connectivity index (χ4n) is 6.67. The van der Waals surface area contributed by atoms with E-state index in [0.717, 1.165) is 32.1 Å². The number of ether oxygens (including phenoxy) is 2. The van der Waals surface area contributed by atoms with Crippen LogP contribution < -0.4 is 5.73 Å². The summed E-state index contributed by atoms with van der Waals surface area (Å²) >= 11 is 4.59. The average molecular weight is 714 g/mol. The second-order valence-corrected chi connectivity index (χ2v) is 15.0. The van der Waals surface area contributed by atoms with E-state index < -0.39 is 34.9 Å². The molecule has 0 spiro atoms. The zero-order valence-electron chi connectivity index (χ0n) is 32.5. The highest BCUT2D eigenvalue weighted by Gasteiger charge is 2.52. The molecule has 49 heavy (non-hydrogen) atoms. The molecule has 4 atom stereocenters. The maximum absolute atomic E-state index is 12.7. The van der Waals surface area contributed by atoms with Crippen molar-refractivity contribution in [2.24, 2.45) is 5.73 Å². The van der Waals surface area contributed by atoms with Gasteiger partial charge in [-0.15, -0.1) is 0 Å². The highest BCUT2D eigenvalue weighted by molar-refractivity contribution is 7.81. The summed E-state index contributed by atoms with van der Waals surface area (Å²) in [5.41, 5.74) is 4.50. The molecule has 3 N–H and O–H groups in total. The number of esters is 2. The fourth-order valence-corrected chi connectivity index (χ4v) is 7.22. The van der Waals surface area contributed by atoms with Crippen LogP contribution in [0.1, 0.15) is 220 Å². The SMILES string of the molecule is CCCCCCCCCCCCCCCC(=O)OC(CC)C(S)C(N)(C(=O)O)C(CC)OC(=O)CCCCCCCCCCCCCCC. The predicted octanol–water partition coefficient (Wildman–Crippen LogP) is 11.7. The van der Waals surface area contributed by atoms with Gasteiger partial charge in [0.1, 0.15) is 12.2 Å². The van der Waals surface area contributed by atoms with Crippen molar-refractivity contribution in [2.45, 2.75) is 243 Å². The number of aliphatic carboxylic acids is 1. The Morgan fingerprint density at radius 2 is 0.837 bits per heavy atom. The van der Waals surface area contributed by atoms with Crippen LogP contribution in [0, 0.1) is 0 Å². The molecule has 0 aromatic heterocycles. The minimum atomic E-state index is -2.00. The van der Waals surface area contributed by atoms with Crippen molar-refractivity contribution < 1.29 is 29.0 Å². The van der Waals surface area contributed by atoms with Gasteiger partial charge in [-0.1, -0.05) is 182 Å². The molecule has 290 valence electrons. The molecule has 0 bridgehead atoms. The summed E-state index contributed by atoms with van der Waals surface area (Å²) in [5, 5.41) is 9.18. The number of nitrogens with two attached hydrogens (primary N) is 1. The average Bonchev–Trinajstić information content (AvgIpc) is 3.09. The third-order valence-corrected chi connectivity index (χ3v) is 10.8. The van der Waals surface area contributed by atoms with Gasteiger partial charge in [0.05, 0.1) is 5.25 Å². The molecule has 0 aliphatic heterocycles. The Balaban J connectivity index is 4.44. The summed E-state index contributed by atoms with van der Waals surface area (Å²) in [5.74, 6) is -2.13. The van der Waals surface area contributed by atoms with Crippen LogP contribution in [-0.4, -0.2) is 46.0 Å². The number of carbonyl (C=O) groups excluding carboxylic acids is 2. The van der Waals surface area contributed by atoms with Crippen LogP contribution >= 0.6 is 12.6 Å². The molecule has 0 aliphatic rings. The molecule has 0 radical (unpaired) electrons. The number of rotatable bonds is 36. The lowest BCUT2D eigenvalue weighted by Gasteiger charge is -2.39. The molecule has 0 rings (SSSR count). The number of hydrogen-bond donors (Lipinski definition) is 3.